The number of carbonyl (C=O) groups excluding carboxylic acids is 1. The van der Waals surface area contributed by atoms with E-state index in [1.807, 2.05) is 24.3 Å². The molecule has 0 spiro atoms. The van der Waals surface area contributed by atoms with Gasteiger partial charge >= 0.3 is 0 Å². The van der Waals surface area contributed by atoms with Gasteiger partial charge in [-0.1, -0.05) is 18.2 Å². The van der Waals surface area contributed by atoms with Crippen LogP contribution in [0.1, 0.15) is 15.2 Å². The van der Waals surface area contributed by atoms with Crippen molar-refractivity contribution in [3.05, 3.63) is 40.8 Å². The Kier molecular flexibility index (Phi) is 4.70. The molecule has 0 atom stereocenters. The van der Waals surface area contributed by atoms with Gasteiger partial charge in [0.25, 0.3) is 5.91 Å². The van der Waals surface area contributed by atoms with Crippen LogP contribution in [-0.4, -0.2) is 32.0 Å². The van der Waals surface area contributed by atoms with Crippen molar-refractivity contribution >= 4 is 27.9 Å². The molecule has 2 aromatic rings. The van der Waals surface area contributed by atoms with Crippen LogP contribution < -0.4 is 15.8 Å². The molecular weight excluding hydrogens is 286 g/mol. The summed E-state index contributed by atoms with van der Waals surface area (Å²) < 4.78 is 5.31. The van der Waals surface area contributed by atoms with Crippen LogP contribution in [0.3, 0.4) is 0 Å². The Labute approximate surface area is 128 Å². The third-order valence-electron chi connectivity index (χ3n) is 3.01. The number of methoxy groups -OCH3 is 1. The Balaban J connectivity index is 2.11. The molecule has 0 radical (unpaired) electrons. The molecule has 0 saturated heterocycles. The van der Waals surface area contributed by atoms with Crippen molar-refractivity contribution in [3.8, 4) is 5.75 Å². The van der Waals surface area contributed by atoms with E-state index in [0.717, 1.165) is 16.3 Å². The lowest BCUT2D eigenvalue weighted by Crippen LogP contribution is -2.21. The number of anilines is 2. The molecule has 6 heteroatoms. The molecule has 0 aliphatic heterocycles. The number of nitrogen functional groups attached to an aromatic ring is 1. The summed E-state index contributed by atoms with van der Waals surface area (Å²) in [5.74, 6) is 0.752. The van der Waals surface area contributed by atoms with Gasteiger partial charge in [-0.05, 0) is 12.1 Å². The molecule has 2 rings (SSSR count). The number of para-hydroxylation sites is 1. The molecule has 0 unspecified atom stereocenters. The van der Waals surface area contributed by atoms with Gasteiger partial charge in [-0.25, -0.2) is 0 Å². The zero-order valence-electron chi connectivity index (χ0n) is 12.3. The van der Waals surface area contributed by atoms with Gasteiger partial charge in [0.05, 0.1) is 17.8 Å². The topological polar surface area (TPSA) is 67.6 Å². The standard InChI is InChI=1S/C15H19N3O2S/c1-18(2)15(19)14-11(16)8-13(21-14)17-9-10-6-4-5-7-12(10)20-3/h4-8,17H,9,16H2,1-3H3. The highest BCUT2D eigenvalue weighted by Gasteiger charge is 2.16. The van der Waals surface area contributed by atoms with Crippen LogP contribution in [0, 0.1) is 0 Å². The maximum Gasteiger partial charge on any atom is 0.265 e. The van der Waals surface area contributed by atoms with E-state index < -0.39 is 0 Å². The summed E-state index contributed by atoms with van der Waals surface area (Å²) in [5.41, 5.74) is 7.45. The van der Waals surface area contributed by atoms with Crippen LogP contribution >= 0.6 is 11.3 Å². The van der Waals surface area contributed by atoms with E-state index in [9.17, 15) is 4.79 Å². The van der Waals surface area contributed by atoms with Gasteiger partial charge < -0.3 is 20.7 Å². The first-order valence-corrected chi connectivity index (χ1v) is 7.31. The van der Waals surface area contributed by atoms with Crippen molar-refractivity contribution in [2.45, 2.75) is 6.54 Å². The summed E-state index contributed by atoms with van der Waals surface area (Å²) in [6.07, 6.45) is 0. The molecule has 3 N–H and O–H groups in total. The van der Waals surface area contributed by atoms with E-state index >= 15 is 0 Å². The minimum absolute atomic E-state index is 0.0807. The number of carbonyl (C=O) groups is 1. The maximum absolute atomic E-state index is 12.0. The number of hydrogen-bond acceptors (Lipinski definition) is 5. The molecule has 1 amide bonds. The second kappa shape index (κ2) is 6.49. The molecule has 0 bridgehead atoms. The zero-order valence-corrected chi connectivity index (χ0v) is 13.2. The Morgan fingerprint density at radius 3 is 2.76 bits per heavy atom. The summed E-state index contributed by atoms with van der Waals surface area (Å²) in [6.45, 7) is 0.611. The maximum atomic E-state index is 12.0. The number of amides is 1. The van der Waals surface area contributed by atoms with Gasteiger partial charge in [0.15, 0.2) is 0 Å². The van der Waals surface area contributed by atoms with Crippen molar-refractivity contribution in [3.63, 3.8) is 0 Å². The van der Waals surface area contributed by atoms with Crippen molar-refractivity contribution in [1.82, 2.24) is 4.90 Å². The summed E-state index contributed by atoms with van der Waals surface area (Å²) >= 11 is 1.36. The lowest BCUT2D eigenvalue weighted by atomic mass is 10.2. The summed E-state index contributed by atoms with van der Waals surface area (Å²) in [7, 11) is 5.07. The third-order valence-corrected chi connectivity index (χ3v) is 4.10. The van der Waals surface area contributed by atoms with Gasteiger partial charge in [0.1, 0.15) is 10.6 Å². The predicted molar refractivity (Wildman–Crippen MR) is 87.1 cm³/mol. The first kappa shape index (κ1) is 15.2. The van der Waals surface area contributed by atoms with Crippen LogP contribution in [0.5, 0.6) is 5.75 Å². The van der Waals surface area contributed by atoms with Crippen LogP contribution in [0.4, 0.5) is 10.7 Å². The number of hydrogen-bond donors (Lipinski definition) is 2. The Morgan fingerprint density at radius 2 is 2.10 bits per heavy atom. The van der Waals surface area contributed by atoms with Gasteiger partial charge in [0, 0.05) is 26.2 Å². The average molecular weight is 305 g/mol. The fraction of sp³-hybridized carbons (Fsp3) is 0.267. The SMILES string of the molecule is COc1ccccc1CNc1cc(N)c(C(=O)N(C)C)s1. The second-order valence-corrected chi connectivity index (χ2v) is 5.81. The average Bonchev–Trinajstić information content (AvgIpc) is 2.85. The summed E-state index contributed by atoms with van der Waals surface area (Å²) in [5, 5.41) is 4.14. The van der Waals surface area contributed by atoms with Gasteiger partial charge in [-0.2, -0.15) is 0 Å². The molecule has 0 aliphatic carbocycles. The van der Waals surface area contributed by atoms with Crippen LogP contribution in [0.2, 0.25) is 0 Å². The minimum Gasteiger partial charge on any atom is -0.496 e. The smallest absolute Gasteiger partial charge is 0.265 e. The molecule has 0 fully saturated rings. The number of ether oxygens (including phenoxy) is 1. The van der Waals surface area contributed by atoms with Crippen molar-refractivity contribution in [2.24, 2.45) is 0 Å². The lowest BCUT2D eigenvalue weighted by Gasteiger charge is -2.09. The van der Waals surface area contributed by atoms with Crippen LogP contribution in [-0.2, 0) is 6.54 Å². The van der Waals surface area contributed by atoms with E-state index in [0.29, 0.717) is 17.1 Å². The number of nitrogens with one attached hydrogen (secondary N) is 1. The highest BCUT2D eigenvalue weighted by atomic mass is 32.1. The Bertz CT molecular complexity index is 638. The van der Waals surface area contributed by atoms with Crippen LogP contribution in [0.15, 0.2) is 30.3 Å². The van der Waals surface area contributed by atoms with Gasteiger partial charge in [-0.15, -0.1) is 11.3 Å². The Hall–Kier alpha value is -2.21. The van der Waals surface area contributed by atoms with Crippen LogP contribution in [0.25, 0.3) is 0 Å². The monoisotopic (exact) mass is 305 g/mol. The third kappa shape index (κ3) is 3.46. The number of thiophene rings is 1. The fourth-order valence-electron chi connectivity index (χ4n) is 1.89. The summed E-state index contributed by atoms with van der Waals surface area (Å²) in [6, 6.07) is 9.59. The molecule has 0 saturated carbocycles. The molecule has 1 aromatic heterocycles. The molecule has 0 aliphatic rings. The van der Waals surface area contributed by atoms with E-state index in [1.165, 1.54) is 16.2 Å². The molecule has 1 aromatic carbocycles. The van der Waals surface area contributed by atoms with E-state index in [2.05, 4.69) is 5.32 Å². The predicted octanol–water partition coefficient (Wildman–Crippen LogP) is 2.65. The van der Waals surface area contributed by atoms with E-state index in [4.69, 9.17) is 10.5 Å². The quantitative estimate of drug-likeness (QED) is 0.891. The van der Waals surface area contributed by atoms with Gasteiger partial charge in [0.2, 0.25) is 0 Å². The van der Waals surface area contributed by atoms with Gasteiger partial charge in [-0.3, -0.25) is 4.79 Å². The number of nitrogens with two attached hydrogens (primary N) is 1. The largest absolute Gasteiger partial charge is 0.496 e. The van der Waals surface area contributed by atoms with E-state index in [-0.39, 0.29) is 5.91 Å². The first-order chi connectivity index (χ1) is 10.0. The fourth-order valence-corrected chi connectivity index (χ4v) is 2.89. The van der Waals surface area contributed by atoms with E-state index in [1.54, 1.807) is 27.3 Å². The van der Waals surface area contributed by atoms with Crippen molar-refractivity contribution in [1.29, 1.82) is 0 Å². The molecule has 5 nitrogen and oxygen atoms in total. The first-order valence-electron chi connectivity index (χ1n) is 6.49. The normalized spacial score (nSPS) is 10.2. The second-order valence-electron chi connectivity index (χ2n) is 4.76. The van der Waals surface area contributed by atoms with Crippen molar-refractivity contribution in [2.75, 3.05) is 32.3 Å². The Morgan fingerprint density at radius 1 is 1.38 bits per heavy atom. The number of nitrogens with zero attached hydrogens (tertiary/aromatic N) is 1. The minimum atomic E-state index is -0.0807. The highest BCUT2D eigenvalue weighted by Crippen LogP contribution is 2.30. The molecule has 1 heterocycles. The molecular formula is C15H19N3O2S. The van der Waals surface area contributed by atoms with Crippen molar-refractivity contribution < 1.29 is 9.53 Å². The summed E-state index contributed by atoms with van der Waals surface area (Å²) in [4.78, 5) is 14.0. The lowest BCUT2D eigenvalue weighted by molar-refractivity contribution is 0.0833. The number of benzene rings is 1. The molecule has 112 valence electrons. The number of rotatable bonds is 5. The zero-order chi connectivity index (χ0) is 15.4. The highest BCUT2D eigenvalue weighted by molar-refractivity contribution is 7.18. The molecule has 21 heavy (non-hydrogen) atoms.